The van der Waals surface area contributed by atoms with Gasteiger partial charge in [0, 0.05) is 6.08 Å². The van der Waals surface area contributed by atoms with Crippen LogP contribution >= 0.6 is 22.6 Å². The Hall–Kier alpha value is -1.10. The van der Waals surface area contributed by atoms with Gasteiger partial charge in [0.1, 0.15) is 0 Å². The molecule has 0 aromatic heterocycles. The van der Waals surface area contributed by atoms with E-state index in [4.69, 9.17) is 5.11 Å². The summed E-state index contributed by atoms with van der Waals surface area (Å²) in [5.74, 6) is -0.913. The fourth-order valence-corrected chi connectivity index (χ4v) is 3.79. The quantitative estimate of drug-likeness (QED) is 0.343. The first-order valence-electron chi connectivity index (χ1n) is 7.56. The molecule has 0 atom stereocenters. The highest BCUT2D eigenvalue weighted by Crippen LogP contribution is 2.43. The molecule has 0 aromatic rings. The highest BCUT2D eigenvalue weighted by atomic mass is 127. The van der Waals surface area contributed by atoms with Crippen molar-refractivity contribution in [2.75, 3.05) is 0 Å². The number of hydrogen-bond donors (Lipinski definition) is 1. The Kier molecular flexibility index (Phi) is 7.33. The third-order valence-corrected chi connectivity index (χ3v) is 4.92. The van der Waals surface area contributed by atoms with Gasteiger partial charge < -0.3 is 5.11 Å². The van der Waals surface area contributed by atoms with Gasteiger partial charge in [-0.3, -0.25) is 0 Å². The van der Waals surface area contributed by atoms with Gasteiger partial charge in [-0.1, -0.05) is 49.8 Å². The summed E-state index contributed by atoms with van der Waals surface area (Å²) in [6.07, 6.45) is 15.0. The zero-order valence-corrected chi connectivity index (χ0v) is 16.0. The normalized spacial score (nSPS) is 20.2. The molecule has 0 aromatic carbocycles. The van der Waals surface area contributed by atoms with Crippen LogP contribution in [0.2, 0.25) is 0 Å². The Bertz CT molecular complexity index is 572. The van der Waals surface area contributed by atoms with Crippen LogP contribution in [-0.4, -0.2) is 11.1 Å². The average molecular weight is 412 g/mol. The third-order valence-electron chi connectivity index (χ3n) is 3.80. The van der Waals surface area contributed by atoms with E-state index in [0.29, 0.717) is 0 Å². The number of hydrogen-bond acceptors (Lipinski definition) is 1. The van der Waals surface area contributed by atoms with Crippen molar-refractivity contribution in [1.82, 2.24) is 0 Å². The van der Waals surface area contributed by atoms with Crippen molar-refractivity contribution in [3.8, 4) is 0 Å². The molecular formula is C19H25IO2. The second-order valence-corrected chi connectivity index (χ2v) is 7.69. The number of carboxylic acid groups (broad SMARTS) is 1. The number of carboxylic acids is 1. The molecule has 1 aliphatic carbocycles. The highest BCUT2D eigenvalue weighted by molar-refractivity contribution is 14.1. The summed E-state index contributed by atoms with van der Waals surface area (Å²) in [5, 5.41) is 8.65. The molecule has 22 heavy (non-hydrogen) atoms. The van der Waals surface area contributed by atoms with Crippen molar-refractivity contribution in [3.05, 3.63) is 56.8 Å². The first-order valence-corrected chi connectivity index (χ1v) is 8.63. The predicted molar refractivity (Wildman–Crippen MR) is 102 cm³/mol. The van der Waals surface area contributed by atoms with Crippen LogP contribution < -0.4 is 0 Å². The molecule has 0 unspecified atom stereocenters. The second kappa shape index (κ2) is 8.51. The standard InChI is InChI=1S/C19H25IO2/c1-14(7-5-8-15(2)13-18(21)22)10-11-16-17(20)9-6-12-19(16,3)4/h5,7-8,10-11,13H,6,9,12H2,1-4H3,(H,21,22)/b8-5+,11-10+,14-7+,15-13+. The van der Waals surface area contributed by atoms with E-state index in [-0.39, 0.29) is 5.41 Å². The average Bonchev–Trinajstić information content (AvgIpc) is 2.36. The maximum Gasteiger partial charge on any atom is 0.328 e. The van der Waals surface area contributed by atoms with E-state index in [2.05, 4.69) is 55.5 Å². The van der Waals surface area contributed by atoms with E-state index in [1.54, 1.807) is 13.0 Å². The molecule has 2 nitrogen and oxygen atoms in total. The van der Waals surface area contributed by atoms with Crippen LogP contribution in [0.25, 0.3) is 0 Å². The van der Waals surface area contributed by atoms with Crippen LogP contribution in [0.15, 0.2) is 56.8 Å². The summed E-state index contributed by atoms with van der Waals surface area (Å²) in [4.78, 5) is 10.5. The van der Waals surface area contributed by atoms with Gasteiger partial charge in [-0.15, -0.1) is 0 Å². The molecule has 0 heterocycles. The van der Waals surface area contributed by atoms with Gasteiger partial charge in [-0.2, -0.15) is 0 Å². The molecular weight excluding hydrogens is 387 g/mol. The Morgan fingerprint density at radius 1 is 1.23 bits per heavy atom. The maximum atomic E-state index is 10.5. The number of carbonyl (C=O) groups is 1. The fraction of sp³-hybridized carbons (Fsp3) is 0.421. The first kappa shape index (κ1) is 18.9. The summed E-state index contributed by atoms with van der Waals surface area (Å²) < 4.78 is 1.47. The van der Waals surface area contributed by atoms with Gasteiger partial charge in [-0.25, -0.2) is 4.79 Å². The van der Waals surface area contributed by atoms with Gasteiger partial charge in [0.25, 0.3) is 0 Å². The molecule has 0 spiro atoms. The molecule has 3 heteroatoms. The summed E-state index contributed by atoms with van der Waals surface area (Å²) in [6, 6.07) is 0. The molecule has 0 saturated heterocycles. The van der Waals surface area contributed by atoms with Gasteiger partial charge in [-0.05, 0) is 75.8 Å². The van der Waals surface area contributed by atoms with Crippen molar-refractivity contribution in [3.63, 3.8) is 0 Å². The number of allylic oxidation sites excluding steroid dienone is 9. The van der Waals surface area contributed by atoms with Crippen molar-refractivity contribution in [1.29, 1.82) is 0 Å². The van der Waals surface area contributed by atoms with Crippen molar-refractivity contribution < 1.29 is 9.90 Å². The van der Waals surface area contributed by atoms with Gasteiger partial charge >= 0.3 is 5.97 Å². The zero-order chi connectivity index (χ0) is 16.8. The van der Waals surface area contributed by atoms with Crippen molar-refractivity contribution in [2.45, 2.75) is 47.0 Å². The molecule has 0 bridgehead atoms. The van der Waals surface area contributed by atoms with E-state index in [1.807, 2.05) is 12.2 Å². The van der Waals surface area contributed by atoms with Crippen LogP contribution in [0.1, 0.15) is 47.0 Å². The molecule has 0 aliphatic heterocycles. The smallest absolute Gasteiger partial charge is 0.328 e. The van der Waals surface area contributed by atoms with E-state index < -0.39 is 5.97 Å². The number of aliphatic carboxylic acids is 1. The van der Waals surface area contributed by atoms with Crippen LogP contribution in [-0.2, 0) is 4.79 Å². The lowest BCUT2D eigenvalue weighted by molar-refractivity contribution is -0.131. The number of halogens is 1. The topological polar surface area (TPSA) is 37.3 Å². The lowest BCUT2D eigenvalue weighted by Crippen LogP contribution is -2.18. The van der Waals surface area contributed by atoms with Gasteiger partial charge in [0.05, 0.1) is 0 Å². The fourth-order valence-electron chi connectivity index (χ4n) is 2.50. The van der Waals surface area contributed by atoms with E-state index in [1.165, 1.54) is 34.5 Å². The minimum Gasteiger partial charge on any atom is -0.478 e. The zero-order valence-electron chi connectivity index (χ0n) is 13.8. The second-order valence-electron chi connectivity index (χ2n) is 6.39. The Balaban J connectivity index is 2.79. The van der Waals surface area contributed by atoms with Gasteiger partial charge in [0.15, 0.2) is 0 Å². The molecule has 120 valence electrons. The number of rotatable bonds is 5. The Morgan fingerprint density at radius 2 is 1.91 bits per heavy atom. The Labute approximate surface area is 147 Å². The predicted octanol–water partition coefficient (Wildman–Crippen LogP) is 5.98. The van der Waals surface area contributed by atoms with Gasteiger partial charge in [0.2, 0.25) is 0 Å². The van der Waals surface area contributed by atoms with Crippen LogP contribution in [0, 0.1) is 5.41 Å². The lowest BCUT2D eigenvalue weighted by Gasteiger charge is -2.32. The summed E-state index contributed by atoms with van der Waals surface area (Å²) >= 11 is 2.47. The third kappa shape index (κ3) is 6.34. The largest absolute Gasteiger partial charge is 0.478 e. The van der Waals surface area contributed by atoms with Crippen LogP contribution in [0.5, 0.6) is 0 Å². The summed E-state index contributed by atoms with van der Waals surface area (Å²) in [5.41, 5.74) is 3.57. The molecule has 1 aliphatic rings. The van der Waals surface area contributed by atoms with E-state index in [9.17, 15) is 4.79 Å². The Morgan fingerprint density at radius 3 is 2.50 bits per heavy atom. The van der Waals surface area contributed by atoms with E-state index in [0.717, 1.165) is 11.1 Å². The SMILES string of the molecule is CC(/C=C/C1=C(I)CCCC1(C)C)=C\C=C\C(C)=C\C(=O)O. The first-order chi connectivity index (χ1) is 10.2. The lowest BCUT2D eigenvalue weighted by atomic mass is 9.75. The maximum absolute atomic E-state index is 10.5. The molecule has 0 radical (unpaired) electrons. The molecule has 0 amide bonds. The summed E-state index contributed by atoms with van der Waals surface area (Å²) in [7, 11) is 0. The molecule has 0 fully saturated rings. The van der Waals surface area contributed by atoms with Crippen LogP contribution in [0.3, 0.4) is 0 Å². The molecule has 1 N–H and O–H groups in total. The van der Waals surface area contributed by atoms with Crippen molar-refractivity contribution in [2.24, 2.45) is 5.41 Å². The van der Waals surface area contributed by atoms with Crippen LogP contribution in [0.4, 0.5) is 0 Å². The van der Waals surface area contributed by atoms with E-state index >= 15 is 0 Å². The molecule has 1 rings (SSSR count). The molecule has 0 saturated carbocycles. The minimum absolute atomic E-state index is 0.252. The monoisotopic (exact) mass is 412 g/mol. The van der Waals surface area contributed by atoms with Crippen molar-refractivity contribution >= 4 is 28.6 Å². The summed E-state index contributed by atoms with van der Waals surface area (Å²) in [6.45, 7) is 8.45. The minimum atomic E-state index is -0.913. The highest BCUT2D eigenvalue weighted by Gasteiger charge is 2.27.